The van der Waals surface area contributed by atoms with Gasteiger partial charge in [0.25, 0.3) is 0 Å². The summed E-state index contributed by atoms with van der Waals surface area (Å²) in [5, 5.41) is 5.42. The number of rotatable bonds is 7. The zero-order valence-electron chi connectivity index (χ0n) is 10.8. The number of nitrogens with one attached hydrogen (secondary N) is 2. The Balaban J connectivity index is 2.31. The van der Waals surface area contributed by atoms with Crippen LogP contribution in [0.1, 0.15) is 13.8 Å². The number of hydrogen-bond acceptors (Lipinski definition) is 3. The lowest BCUT2D eigenvalue weighted by molar-refractivity contribution is -0.131. The molecule has 0 aliphatic carbocycles. The topological polar surface area (TPSA) is 59.6 Å². The lowest BCUT2D eigenvalue weighted by Gasteiger charge is -2.17. The van der Waals surface area contributed by atoms with Crippen molar-refractivity contribution >= 4 is 11.7 Å². The number of benzene rings is 1. The number of para-hydroxylation sites is 1. The first kappa shape index (κ1) is 14.5. The molecule has 5 heteroatoms. The summed E-state index contributed by atoms with van der Waals surface area (Å²) in [5.74, 6) is 0. The van der Waals surface area contributed by atoms with Crippen LogP contribution in [0, 0.1) is 0 Å². The summed E-state index contributed by atoms with van der Waals surface area (Å²) in [6, 6.07) is 8.98. The minimum absolute atomic E-state index is 0.273. The van der Waals surface area contributed by atoms with Crippen molar-refractivity contribution in [3.05, 3.63) is 30.3 Å². The van der Waals surface area contributed by atoms with Crippen molar-refractivity contribution in [2.75, 3.05) is 25.1 Å². The molecule has 0 saturated carbocycles. The Morgan fingerprint density at radius 2 is 1.78 bits per heavy atom. The average Bonchev–Trinajstić information content (AvgIpc) is 2.38. The van der Waals surface area contributed by atoms with E-state index in [2.05, 4.69) is 10.6 Å². The first-order chi connectivity index (χ1) is 8.76. The second-order valence-corrected chi connectivity index (χ2v) is 3.54. The van der Waals surface area contributed by atoms with Crippen molar-refractivity contribution in [2.45, 2.75) is 20.1 Å². The molecular formula is C13H20N2O3. The molecule has 1 aromatic carbocycles. The molecule has 0 aliphatic heterocycles. The van der Waals surface area contributed by atoms with E-state index < -0.39 is 6.29 Å². The van der Waals surface area contributed by atoms with Crippen LogP contribution in [0.2, 0.25) is 0 Å². The molecule has 0 fully saturated rings. The Bertz CT molecular complexity index is 337. The van der Waals surface area contributed by atoms with Crippen LogP contribution >= 0.6 is 0 Å². The highest BCUT2D eigenvalue weighted by molar-refractivity contribution is 5.89. The molecule has 1 aromatic rings. The van der Waals surface area contributed by atoms with Gasteiger partial charge in [-0.1, -0.05) is 18.2 Å². The van der Waals surface area contributed by atoms with Crippen LogP contribution in [0.3, 0.4) is 0 Å². The Morgan fingerprint density at radius 1 is 1.17 bits per heavy atom. The Morgan fingerprint density at radius 3 is 2.33 bits per heavy atom. The minimum atomic E-state index is -0.401. The largest absolute Gasteiger partial charge is 0.351 e. The van der Waals surface area contributed by atoms with E-state index in [9.17, 15) is 4.79 Å². The third-order valence-corrected chi connectivity index (χ3v) is 2.17. The molecule has 1 rings (SSSR count). The van der Waals surface area contributed by atoms with Crippen molar-refractivity contribution in [1.29, 1.82) is 0 Å². The zero-order valence-corrected chi connectivity index (χ0v) is 10.8. The number of carbonyl (C=O) groups is 1. The van der Waals surface area contributed by atoms with Gasteiger partial charge in [0.1, 0.15) is 0 Å². The van der Waals surface area contributed by atoms with E-state index in [0.29, 0.717) is 19.8 Å². The quantitative estimate of drug-likeness (QED) is 0.731. The van der Waals surface area contributed by atoms with Crippen LogP contribution in [0.15, 0.2) is 30.3 Å². The summed E-state index contributed by atoms with van der Waals surface area (Å²) < 4.78 is 10.6. The van der Waals surface area contributed by atoms with Gasteiger partial charge in [-0.2, -0.15) is 0 Å². The molecule has 18 heavy (non-hydrogen) atoms. The SMILES string of the molecule is CCOC(CNC(=O)Nc1ccccc1)OCC. The number of amides is 2. The predicted molar refractivity (Wildman–Crippen MR) is 70.5 cm³/mol. The highest BCUT2D eigenvalue weighted by atomic mass is 16.7. The van der Waals surface area contributed by atoms with Crippen molar-refractivity contribution in [3.8, 4) is 0 Å². The fraction of sp³-hybridized carbons (Fsp3) is 0.462. The molecule has 2 N–H and O–H groups in total. The zero-order chi connectivity index (χ0) is 13.2. The van der Waals surface area contributed by atoms with E-state index in [0.717, 1.165) is 5.69 Å². The van der Waals surface area contributed by atoms with Gasteiger partial charge in [0, 0.05) is 18.9 Å². The van der Waals surface area contributed by atoms with Gasteiger partial charge in [-0.3, -0.25) is 0 Å². The molecule has 0 atom stereocenters. The molecule has 0 radical (unpaired) electrons. The van der Waals surface area contributed by atoms with Gasteiger partial charge >= 0.3 is 6.03 Å². The lowest BCUT2D eigenvalue weighted by Crippen LogP contribution is -2.37. The van der Waals surface area contributed by atoms with E-state index in [-0.39, 0.29) is 6.03 Å². The third kappa shape index (κ3) is 5.65. The first-order valence-corrected chi connectivity index (χ1v) is 6.09. The maximum atomic E-state index is 11.6. The normalized spacial score (nSPS) is 10.4. The van der Waals surface area contributed by atoms with Crippen LogP contribution < -0.4 is 10.6 Å². The van der Waals surface area contributed by atoms with Crippen LogP contribution in [0.5, 0.6) is 0 Å². The summed E-state index contributed by atoms with van der Waals surface area (Å²) >= 11 is 0. The highest BCUT2D eigenvalue weighted by Gasteiger charge is 2.09. The summed E-state index contributed by atoms with van der Waals surface area (Å²) in [5.41, 5.74) is 0.749. The van der Waals surface area contributed by atoms with E-state index in [4.69, 9.17) is 9.47 Å². The van der Waals surface area contributed by atoms with Gasteiger partial charge in [-0.15, -0.1) is 0 Å². The molecule has 0 bridgehead atoms. The summed E-state index contributed by atoms with van der Waals surface area (Å²) in [4.78, 5) is 11.6. The van der Waals surface area contributed by atoms with E-state index in [1.54, 1.807) is 0 Å². The van der Waals surface area contributed by atoms with Crippen LogP contribution in [0.4, 0.5) is 10.5 Å². The Labute approximate surface area is 107 Å². The van der Waals surface area contributed by atoms with Gasteiger partial charge in [0.2, 0.25) is 0 Å². The van der Waals surface area contributed by atoms with Gasteiger partial charge in [0.05, 0.1) is 6.54 Å². The average molecular weight is 252 g/mol. The predicted octanol–water partition coefficient (Wildman–Crippen LogP) is 2.21. The first-order valence-electron chi connectivity index (χ1n) is 6.09. The third-order valence-electron chi connectivity index (χ3n) is 2.17. The second kappa shape index (κ2) is 8.49. The maximum absolute atomic E-state index is 11.6. The number of ether oxygens (including phenoxy) is 2. The van der Waals surface area contributed by atoms with E-state index >= 15 is 0 Å². The fourth-order valence-corrected chi connectivity index (χ4v) is 1.41. The maximum Gasteiger partial charge on any atom is 0.319 e. The number of urea groups is 1. The molecule has 0 saturated heterocycles. The molecule has 5 nitrogen and oxygen atoms in total. The van der Waals surface area contributed by atoms with Gasteiger partial charge in [-0.25, -0.2) is 4.79 Å². The molecule has 0 heterocycles. The van der Waals surface area contributed by atoms with Gasteiger partial charge in [-0.05, 0) is 26.0 Å². The van der Waals surface area contributed by atoms with Crippen molar-refractivity contribution in [3.63, 3.8) is 0 Å². The monoisotopic (exact) mass is 252 g/mol. The molecule has 2 amide bonds. The molecule has 0 aromatic heterocycles. The molecule has 100 valence electrons. The van der Waals surface area contributed by atoms with Gasteiger partial charge in [0.15, 0.2) is 6.29 Å². The smallest absolute Gasteiger partial charge is 0.319 e. The Hall–Kier alpha value is -1.59. The van der Waals surface area contributed by atoms with E-state index in [1.807, 2.05) is 44.2 Å². The highest BCUT2D eigenvalue weighted by Crippen LogP contribution is 2.04. The van der Waals surface area contributed by atoms with Crippen LogP contribution in [-0.4, -0.2) is 32.1 Å². The standard InChI is InChI=1S/C13H20N2O3/c1-3-17-12(18-4-2)10-14-13(16)15-11-8-6-5-7-9-11/h5-9,12H,3-4,10H2,1-2H3,(H2,14,15,16). The molecular weight excluding hydrogens is 232 g/mol. The summed E-state index contributed by atoms with van der Waals surface area (Å²) in [6.45, 7) is 5.19. The molecule has 0 aliphatic rings. The van der Waals surface area contributed by atoms with Crippen molar-refractivity contribution < 1.29 is 14.3 Å². The Kier molecular flexibility index (Phi) is 6.83. The number of anilines is 1. The number of carbonyl (C=O) groups excluding carboxylic acids is 1. The number of hydrogen-bond donors (Lipinski definition) is 2. The summed E-state index contributed by atoms with van der Waals surface area (Å²) in [6.07, 6.45) is -0.401. The lowest BCUT2D eigenvalue weighted by atomic mass is 10.3. The van der Waals surface area contributed by atoms with Crippen molar-refractivity contribution in [1.82, 2.24) is 5.32 Å². The summed E-state index contributed by atoms with van der Waals surface area (Å²) in [7, 11) is 0. The molecule has 0 unspecified atom stereocenters. The van der Waals surface area contributed by atoms with Crippen LogP contribution in [-0.2, 0) is 9.47 Å². The minimum Gasteiger partial charge on any atom is -0.351 e. The molecule has 0 spiro atoms. The van der Waals surface area contributed by atoms with E-state index in [1.165, 1.54) is 0 Å². The second-order valence-electron chi connectivity index (χ2n) is 3.54. The van der Waals surface area contributed by atoms with Crippen molar-refractivity contribution in [2.24, 2.45) is 0 Å². The fourth-order valence-electron chi connectivity index (χ4n) is 1.41. The van der Waals surface area contributed by atoms with Gasteiger partial charge < -0.3 is 20.1 Å². The van der Waals surface area contributed by atoms with Crippen LogP contribution in [0.25, 0.3) is 0 Å².